The summed E-state index contributed by atoms with van der Waals surface area (Å²) in [5, 5.41) is 0. The van der Waals surface area contributed by atoms with Crippen LogP contribution >= 0.6 is 0 Å². The fourth-order valence-electron chi connectivity index (χ4n) is 1.90. The van der Waals surface area contributed by atoms with Crippen LogP contribution in [0.15, 0.2) is 18.5 Å². The highest BCUT2D eigenvalue weighted by Gasteiger charge is 2.28. The lowest BCUT2D eigenvalue weighted by molar-refractivity contribution is 0.252. The first-order chi connectivity index (χ1) is 7.79. The third-order valence-electron chi connectivity index (χ3n) is 2.86. The van der Waals surface area contributed by atoms with Crippen LogP contribution in [0.3, 0.4) is 0 Å². The first-order valence-electron chi connectivity index (χ1n) is 5.83. The molecule has 0 spiro atoms. The molecular weight excluding hydrogens is 205 g/mol. The molecular formula is C12H18FN3. The summed E-state index contributed by atoms with van der Waals surface area (Å²) in [5.41, 5.74) is 6.46. The molecule has 4 heteroatoms. The minimum absolute atomic E-state index is 0.257. The molecule has 2 N–H and O–H groups in total. The summed E-state index contributed by atoms with van der Waals surface area (Å²) in [5.74, 6) is -0.257. The molecule has 0 atom stereocenters. The predicted octanol–water partition coefficient (Wildman–Crippen LogP) is 1.53. The molecule has 0 aromatic carbocycles. The van der Waals surface area contributed by atoms with E-state index in [9.17, 15) is 4.39 Å². The van der Waals surface area contributed by atoms with Gasteiger partial charge in [-0.05, 0) is 44.0 Å². The Bertz CT molecular complexity index is 339. The number of nitrogens with zero attached hydrogens (tertiary/aromatic N) is 2. The lowest BCUT2D eigenvalue weighted by atomic mass is 10.2. The normalized spacial score (nSPS) is 15.7. The van der Waals surface area contributed by atoms with Gasteiger partial charge in [0.2, 0.25) is 0 Å². The third kappa shape index (κ3) is 3.25. The van der Waals surface area contributed by atoms with Gasteiger partial charge < -0.3 is 5.73 Å². The second-order valence-corrected chi connectivity index (χ2v) is 4.36. The number of aromatic nitrogens is 1. The van der Waals surface area contributed by atoms with E-state index in [-0.39, 0.29) is 5.82 Å². The summed E-state index contributed by atoms with van der Waals surface area (Å²) in [6, 6.07) is 2.24. The molecule has 0 aliphatic heterocycles. The van der Waals surface area contributed by atoms with Crippen LogP contribution in [0.5, 0.6) is 0 Å². The van der Waals surface area contributed by atoms with Gasteiger partial charge in [0.05, 0.1) is 6.20 Å². The summed E-state index contributed by atoms with van der Waals surface area (Å²) >= 11 is 0. The SMILES string of the molecule is NCCCN(Cc1cncc(F)c1)C1CC1. The van der Waals surface area contributed by atoms with Gasteiger partial charge >= 0.3 is 0 Å². The highest BCUT2D eigenvalue weighted by atomic mass is 19.1. The number of hydrogen-bond donors (Lipinski definition) is 1. The van der Waals surface area contributed by atoms with E-state index in [0.717, 1.165) is 25.1 Å². The number of rotatable bonds is 6. The monoisotopic (exact) mass is 223 g/mol. The van der Waals surface area contributed by atoms with Gasteiger partial charge in [-0.1, -0.05) is 0 Å². The predicted molar refractivity (Wildman–Crippen MR) is 61.3 cm³/mol. The van der Waals surface area contributed by atoms with Gasteiger partial charge in [-0.3, -0.25) is 9.88 Å². The van der Waals surface area contributed by atoms with Crippen LogP contribution in [0, 0.1) is 5.82 Å². The highest BCUT2D eigenvalue weighted by molar-refractivity contribution is 5.10. The maximum Gasteiger partial charge on any atom is 0.141 e. The van der Waals surface area contributed by atoms with E-state index in [2.05, 4.69) is 9.88 Å². The van der Waals surface area contributed by atoms with E-state index >= 15 is 0 Å². The Morgan fingerprint density at radius 2 is 2.25 bits per heavy atom. The van der Waals surface area contributed by atoms with Gasteiger partial charge in [0, 0.05) is 18.8 Å². The lowest BCUT2D eigenvalue weighted by Gasteiger charge is -2.21. The van der Waals surface area contributed by atoms with Crippen LogP contribution in [0.1, 0.15) is 24.8 Å². The Morgan fingerprint density at radius 3 is 2.88 bits per heavy atom. The van der Waals surface area contributed by atoms with E-state index < -0.39 is 0 Å². The summed E-state index contributed by atoms with van der Waals surface area (Å²) in [6.07, 6.45) is 6.49. The van der Waals surface area contributed by atoms with Gasteiger partial charge in [-0.2, -0.15) is 0 Å². The number of nitrogens with two attached hydrogens (primary N) is 1. The van der Waals surface area contributed by atoms with Crippen LogP contribution in [0.4, 0.5) is 4.39 Å². The van der Waals surface area contributed by atoms with Crippen molar-refractivity contribution in [3.05, 3.63) is 29.8 Å². The molecule has 0 saturated heterocycles. The van der Waals surface area contributed by atoms with Crippen LogP contribution < -0.4 is 5.73 Å². The van der Waals surface area contributed by atoms with Gasteiger partial charge in [-0.15, -0.1) is 0 Å². The van der Waals surface area contributed by atoms with Crippen molar-refractivity contribution in [3.63, 3.8) is 0 Å². The van der Waals surface area contributed by atoms with Crippen molar-refractivity contribution in [2.24, 2.45) is 5.73 Å². The molecule has 1 fully saturated rings. The smallest absolute Gasteiger partial charge is 0.141 e. The quantitative estimate of drug-likeness (QED) is 0.795. The first kappa shape index (κ1) is 11.5. The van der Waals surface area contributed by atoms with Crippen molar-refractivity contribution in [1.82, 2.24) is 9.88 Å². The fraction of sp³-hybridized carbons (Fsp3) is 0.583. The van der Waals surface area contributed by atoms with Crippen molar-refractivity contribution >= 4 is 0 Å². The lowest BCUT2D eigenvalue weighted by Crippen LogP contribution is -2.28. The molecule has 0 bridgehead atoms. The summed E-state index contributed by atoms with van der Waals surface area (Å²) in [4.78, 5) is 6.25. The Balaban J connectivity index is 1.94. The van der Waals surface area contributed by atoms with E-state index in [0.29, 0.717) is 12.6 Å². The zero-order valence-electron chi connectivity index (χ0n) is 9.40. The molecule has 88 valence electrons. The van der Waals surface area contributed by atoms with E-state index in [4.69, 9.17) is 5.73 Å². The Labute approximate surface area is 95.5 Å². The molecule has 0 radical (unpaired) electrons. The van der Waals surface area contributed by atoms with Crippen LogP contribution in [-0.2, 0) is 6.54 Å². The minimum Gasteiger partial charge on any atom is -0.330 e. The molecule has 1 aromatic heterocycles. The Hall–Kier alpha value is -1.00. The Morgan fingerprint density at radius 1 is 1.44 bits per heavy atom. The fourth-order valence-corrected chi connectivity index (χ4v) is 1.90. The summed E-state index contributed by atoms with van der Waals surface area (Å²) in [7, 11) is 0. The van der Waals surface area contributed by atoms with Crippen molar-refractivity contribution in [2.75, 3.05) is 13.1 Å². The van der Waals surface area contributed by atoms with Crippen LogP contribution in [-0.4, -0.2) is 29.0 Å². The molecule has 2 rings (SSSR count). The molecule has 1 aromatic rings. The highest BCUT2D eigenvalue weighted by Crippen LogP contribution is 2.28. The van der Waals surface area contributed by atoms with Gasteiger partial charge in [0.15, 0.2) is 0 Å². The Kier molecular flexibility index (Phi) is 3.85. The third-order valence-corrected chi connectivity index (χ3v) is 2.86. The molecule has 0 unspecified atom stereocenters. The van der Waals surface area contributed by atoms with Crippen LogP contribution in [0.2, 0.25) is 0 Å². The summed E-state index contributed by atoms with van der Waals surface area (Å²) in [6.45, 7) is 2.50. The van der Waals surface area contributed by atoms with Crippen molar-refractivity contribution in [3.8, 4) is 0 Å². The van der Waals surface area contributed by atoms with Gasteiger partial charge in [-0.25, -0.2) is 4.39 Å². The first-order valence-corrected chi connectivity index (χ1v) is 5.83. The maximum absolute atomic E-state index is 13.0. The van der Waals surface area contributed by atoms with Gasteiger partial charge in [0.25, 0.3) is 0 Å². The molecule has 1 saturated carbocycles. The average Bonchev–Trinajstić information content (AvgIpc) is 3.08. The molecule has 1 aliphatic rings. The summed E-state index contributed by atoms with van der Waals surface area (Å²) < 4.78 is 13.0. The topological polar surface area (TPSA) is 42.1 Å². The average molecular weight is 223 g/mol. The second kappa shape index (κ2) is 5.37. The van der Waals surface area contributed by atoms with Crippen molar-refractivity contribution in [2.45, 2.75) is 31.8 Å². The maximum atomic E-state index is 13.0. The van der Waals surface area contributed by atoms with E-state index in [1.54, 1.807) is 12.3 Å². The van der Waals surface area contributed by atoms with Crippen molar-refractivity contribution in [1.29, 1.82) is 0 Å². The second-order valence-electron chi connectivity index (χ2n) is 4.36. The molecule has 1 heterocycles. The number of pyridine rings is 1. The van der Waals surface area contributed by atoms with Crippen molar-refractivity contribution < 1.29 is 4.39 Å². The number of hydrogen-bond acceptors (Lipinski definition) is 3. The van der Waals surface area contributed by atoms with E-state index in [1.165, 1.54) is 19.0 Å². The standard InChI is InChI=1S/C12H18FN3/c13-11-6-10(7-15-8-11)9-16(5-1-4-14)12-2-3-12/h6-8,12H,1-5,9,14H2. The molecule has 0 amide bonds. The molecule has 1 aliphatic carbocycles. The van der Waals surface area contributed by atoms with E-state index in [1.807, 2.05) is 0 Å². The zero-order chi connectivity index (χ0) is 11.4. The van der Waals surface area contributed by atoms with Gasteiger partial charge in [0.1, 0.15) is 5.82 Å². The molecule has 3 nitrogen and oxygen atoms in total. The molecule has 16 heavy (non-hydrogen) atoms. The largest absolute Gasteiger partial charge is 0.330 e. The van der Waals surface area contributed by atoms with Crippen LogP contribution in [0.25, 0.3) is 0 Å². The number of halogens is 1. The zero-order valence-corrected chi connectivity index (χ0v) is 9.40. The minimum atomic E-state index is -0.257.